The summed E-state index contributed by atoms with van der Waals surface area (Å²) in [5, 5.41) is 15.9. The maximum absolute atomic E-state index is 12.1. The first-order valence-electron chi connectivity index (χ1n) is 7.78. The maximum Gasteiger partial charge on any atom is 0.315 e. The highest BCUT2D eigenvalue weighted by molar-refractivity contribution is 6.30. The summed E-state index contributed by atoms with van der Waals surface area (Å²) in [5.74, 6) is 0. The molecule has 122 valence electrons. The van der Waals surface area contributed by atoms with Gasteiger partial charge in [-0.3, -0.25) is 0 Å². The number of urea groups is 1. The molecule has 1 aromatic rings. The van der Waals surface area contributed by atoms with E-state index in [9.17, 15) is 9.90 Å². The fraction of sp³-hybridized carbons (Fsp3) is 0.562. The summed E-state index contributed by atoms with van der Waals surface area (Å²) in [6, 6.07) is 6.66. The molecule has 0 aromatic heterocycles. The number of carbonyl (C=O) groups is 1. The Balaban J connectivity index is 1.83. The van der Waals surface area contributed by atoms with Crippen LogP contribution in [0.15, 0.2) is 24.3 Å². The number of benzene rings is 1. The number of hydrogen-bond donors (Lipinski definition) is 3. The molecule has 5 nitrogen and oxygen atoms in total. The summed E-state index contributed by atoms with van der Waals surface area (Å²) in [7, 11) is 0. The van der Waals surface area contributed by atoms with Crippen molar-refractivity contribution in [3.05, 3.63) is 34.9 Å². The molecule has 0 radical (unpaired) electrons. The lowest BCUT2D eigenvalue weighted by Crippen LogP contribution is -2.48. The van der Waals surface area contributed by atoms with E-state index in [0.717, 1.165) is 38.0 Å². The Labute approximate surface area is 136 Å². The van der Waals surface area contributed by atoms with E-state index in [-0.39, 0.29) is 18.7 Å². The van der Waals surface area contributed by atoms with Crippen LogP contribution in [-0.2, 0) is 0 Å². The maximum atomic E-state index is 12.1. The van der Waals surface area contributed by atoms with Crippen molar-refractivity contribution >= 4 is 17.6 Å². The Hall–Kier alpha value is -1.30. The second kappa shape index (κ2) is 8.36. The number of rotatable bonds is 5. The van der Waals surface area contributed by atoms with Gasteiger partial charge in [0.15, 0.2) is 0 Å². The molecule has 1 fully saturated rings. The zero-order chi connectivity index (χ0) is 15.9. The summed E-state index contributed by atoms with van der Waals surface area (Å²) in [5.41, 5.74) is 0.836. The summed E-state index contributed by atoms with van der Waals surface area (Å²) < 4.78 is 0. The normalized spacial score (nSPS) is 18.0. The van der Waals surface area contributed by atoms with Gasteiger partial charge in [-0.2, -0.15) is 0 Å². The second-order valence-corrected chi connectivity index (χ2v) is 6.05. The van der Waals surface area contributed by atoms with E-state index in [1.54, 1.807) is 12.1 Å². The number of aliphatic hydroxyl groups excluding tert-OH is 1. The molecule has 1 heterocycles. The number of hydrogen-bond acceptors (Lipinski definition) is 3. The molecule has 6 heteroatoms. The first-order valence-corrected chi connectivity index (χ1v) is 8.16. The van der Waals surface area contributed by atoms with Crippen molar-refractivity contribution < 1.29 is 9.90 Å². The van der Waals surface area contributed by atoms with Crippen molar-refractivity contribution in [3.63, 3.8) is 0 Å². The van der Waals surface area contributed by atoms with Gasteiger partial charge in [0, 0.05) is 24.2 Å². The number of likely N-dealkylation sites (tertiary alicyclic amines) is 1. The highest BCUT2D eigenvalue weighted by atomic mass is 35.5. The Morgan fingerprint density at radius 1 is 1.36 bits per heavy atom. The van der Waals surface area contributed by atoms with Crippen molar-refractivity contribution in [2.75, 3.05) is 26.2 Å². The molecule has 1 aliphatic rings. The smallest absolute Gasteiger partial charge is 0.315 e. The van der Waals surface area contributed by atoms with Gasteiger partial charge in [0.05, 0.1) is 12.6 Å². The van der Waals surface area contributed by atoms with Crippen molar-refractivity contribution in [1.82, 2.24) is 15.5 Å². The number of nitrogens with one attached hydrogen (secondary N) is 2. The molecule has 0 spiro atoms. The summed E-state index contributed by atoms with van der Waals surface area (Å²) in [6.07, 6.45) is 1.93. The molecule has 22 heavy (non-hydrogen) atoms. The second-order valence-electron chi connectivity index (χ2n) is 5.61. The molecule has 1 aliphatic heterocycles. The number of aliphatic hydroxyl groups is 1. The zero-order valence-corrected chi connectivity index (χ0v) is 13.6. The average molecular weight is 326 g/mol. The minimum atomic E-state index is -0.423. The van der Waals surface area contributed by atoms with Gasteiger partial charge in [0.1, 0.15) is 0 Å². The lowest BCUT2D eigenvalue weighted by Gasteiger charge is -2.31. The molecule has 0 bridgehead atoms. The van der Waals surface area contributed by atoms with E-state index in [2.05, 4.69) is 22.5 Å². The Kier molecular flexibility index (Phi) is 6.49. The van der Waals surface area contributed by atoms with Gasteiger partial charge in [-0.25, -0.2) is 4.79 Å². The van der Waals surface area contributed by atoms with Gasteiger partial charge in [0.2, 0.25) is 0 Å². The van der Waals surface area contributed by atoms with E-state index in [0.29, 0.717) is 5.02 Å². The first-order chi connectivity index (χ1) is 10.6. The third-order valence-corrected chi connectivity index (χ3v) is 4.38. The molecule has 3 N–H and O–H groups in total. The lowest BCUT2D eigenvalue weighted by atomic mass is 10.1. The third-order valence-electron chi connectivity index (χ3n) is 4.13. The zero-order valence-electron chi connectivity index (χ0n) is 12.9. The summed E-state index contributed by atoms with van der Waals surface area (Å²) in [6.45, 7) is 5.09. The summed E-state index contributed by atoms with van der Waals surface area (Å²) in [4.78, 5) is 14.5. The Bertz CT molecular complexity index is 473. The van der Waals surface area contributed by atoms with Crippen molar-refractivity contribution in [1.29, 1.82) is 0 Å². The molecule has 1 atom stereocenters. The topological polar surface area (TPSA) is 64.6 Å². The van der Waals surface area contributed by atoms with Crippen LogP contribution >= 0.6 is 11.6 Å². The average Bonchev–Trinajstić information content (AvgIpc) is 2.54. The van der Waals surface area contributed by atoms with Crippen LogP contribution in [-0.4, -0.2) is 48.3 Å². The molecule has 2 rings (SSSR count). The van der Waals surface area contributed by atoms with Crippen LogP contribution in [0.1, 0.15) is 31.4 Å². The van der Waals surface area contributed by atoms with Gasteiger partial charge in [-0.1, -0.05) is 30.7 Å². The van der Waals surface area contributed by atoms with Crippen LogP contribution in [0.5, 0.6) is 0 Å². The van der Waals surface area contributed by atoms with Gasteiger partial charge in [-0.05, 0) is 37.1 Å². The molecular formula is C16H24ClN3O2. The van der Waals surface area contributed by atoms with Crippen LogP contribution in [0, 0.1) is 0 Å². The fourth-order valence-electron chi connectivity index (χ4n) is 2.71. The quantitative estimate of drug-likeness (QED) is 0.777. The van der Waals surface area contributed by atoms with Crippen LogP contribution < -0.4 is 10.6 Å². The highest BCUT2D eigenvalue weighted by Gasteiger charge is 2.21. The number of halogens is 1. The fourth-order valence-corrected chi connectivity index (χ4v) is 2.83. The Morgan fingerprint density at radius 2 is 2.00 bits per heavy atom. The van der Waals surface area contributed by atoms with Crippen LogP contribution in [0.4, 0.5) is 4.79 Å². The predicted molar refractivity (Wildman–Crippen MR) is 88.1 cm³/mol. The standard InChI is InChI=1S/C16H24ClN3O2/c1-2-20-9-7-14(8-10-20)18-16(22)19-15(11-21)12-3-5-13(17)6-4-12/h3-6,14-15,21H,2,7-11H2,1H3,(H2,18,19,22). The number of nitrogens with zero attached hydrogens (tertiary/aromatic N) is 1. The van der Waals surface area contributed by atoms with Crippen molar-refractivity contribution in [3.8, 4) is 0 Å². The van der Waals surface area contributed by atoms with Gasteiger partial charge in [-0.15, -0.1) is 0 Å². The minimum Gasteiger partial charge on any atom is -0.394 e. The van der Waals surface area contributed by atoms with E-state index < -0.39 is 6.04 Å². The Morgan fingerprint density at radius 3 is 2.55 bits per heavy atom. The van der Waals surface area contributed by atoms with E-state index in [4.69, 9.17) is 11.6 Å². The monoisotopic (exact) mass is 325 g/mol. The lowest BCUT2D eigenvalue weighted by molar-refractivity contribution is 0.191. The SMILES string of the molecule is CCN1CCC(NC(=O)NC(CO)c2ccc(Cl)cc2)CC1. The van der Waals surface area contributed by atoms with Gasteiger partial charge >= 0.3 is 6.03 Å². The minimum absolute atomic E-state index is 0.149. The van der Waals surface area contributed by atoms with E-state index in [1.807, 2.05) is 12.1 Å². The molecule has 2 amide bonds. The summed E-state index contributed by atoms with van der Waals surface area (Å²) >= 11 is 5.85. The van der Waals surface area contributed by atoms with Crippen molar-refractivity contribution in [2.24, 2.45) is 0 Å². The highest BCUT2D eigenvalue weighted by Crippen LogP contribution is 2.16. The van der Waals surface area contributed by atoms with Gasteiger partial charge < -0.3 is 20.6 Å². The third kappa shape index (κ3) is 4.87. The first kappa shape index (κ1) is 17.1. The molecule has 0 aliphatic carbocycles. The predicted octanol–water partition coefficient (Wildman–Crippen LogP) is 2.16. The molecule has 0 saturated carbocycles. The number of amides is 2. The molecule has 1 saturated heterocycles. The molecular weight excluding hydrogens is 302 g/mol. The van der Waals surface area contributed by atoms with Crippen LogP contribution in [0.25, 0.3) is 0 Å². The van der Waals surface area contributed by atoms with Gasteiger partial charge in [0.25, 0.3) is 0 Å². The molecule has 1 unspecified atom stereocenters. The van der Waals surface area contributed by atoms with E-state index in [1.165, 1.54) is 0 Å². The van der Waals surface area contributed by atoms with E-state index >= 15 is 0 Å². The number of carbonyl (C=O) groups excluding carboxylic acids is 1. The van der Waals surface area contributed by atoms with Crippen LogP contribution in [0.2, 0.25) is 5.02 Å². The largest absolute Gasteiger partial charge is 0.394 e. The molecule has 1 aromatic carbocycles. The van der Waals surface area contributed by atoms with Crippen molar-refractivity contribution in [2.45, 2.75) is 31.8 Å². The van der Waals surface area contributed by atoms with Crippen LogP contribution in [0.3, 0.4) is 0 Å². The number of piperidine rings is 1.